The molecule has 0 spiro atoms. The standard InChI is InChI=1S/C14H19N7O4/c1-4-25-11(22)10-9(2)21(19-18-10)13-15-12(16-14(17-13)23-3)20-5-7-24-8-6-20/h4-8H2,1-3H3. The van der Waals surface area contributed by atoms with E-state index in [-0.39, 0.29) is 24.3 Å². The van der Waals surface area contributed by atoms with Gasteiger partial charge in [-0.05, 0) is 13.8 Å². The van der Waals surface area contributed by atoms with Gasteiger partial charge < -0.3 is 19.1 Å². The van der Waals surface area contributed by atoms with Gasteiger partial charge in [-0.2, -0.15) is 19.6 Å². The molecule has 0 N–H and O–H groups in total. The van der Waals surface area contributed by atoms with Crippen molar-refractivity contribution in [1.82, 2.24) is 29.9 Å². The Morgan fingerprint density at radius 1 is 1.20 bits per heavy atom. The van der Waals surface area contributed by atoms with Crippen molar-refractivity contribution < 1.29 is 19.0 Å². The number of carbonyl (C=O) groups excluding carboxylic acids is 1. The summed E-state index contributed by atoms with van der Waals surface area (Å²) in [5, 5.41) is 7.84. The Morgan fingerprint density at radius 3 is 2.60 bits per heavy atom. The summed E-state index contributed by atoms with van der Waals surface area (Å²) in [5.74, 6) is 0.132. The second-order valence-corrected chi connectivity index (χ2v) is 5.18. The topological polar surface area (TPSA) is 117 Å². The molecule has 2 aromatic rings. The molecule has 0 unspecified atom stereocenters. The number of esters is 1. The van der Waals surface area contributed by atoms with Crippen LogP contribution in [0.2, 0.25) is 0 Å². The average Bonchev–Trinajstić information content (AvgIpc) is 3.04. The predicted octanol–water partition coefficient (Wildman–Crippen LogP) is -0.217. The van der Waals surface area contributed by atoms with Gasteiger partial charge >= 0.3 is 12.0 Å². The molecule has 0 aliphatic carbocycles. The molecule has 0 amide bonds. The third-order valence-corrected chi connectivity index (χ3v) is 3.62. The quantitative estimate of drug-likeness (QED) is 0.670. The van der Waals surface area contributed by atoms with Crippen LogP contribution < -0.4 is 9.64 Å². The minimum atomic E-state index is -0.541. The SMILES string of the molecule is CCOC(=O)c1nnn(-c2nc(OC)nc(N3CCOCC3)n2)c1C. The molecule has 3 rings (SSSR count). The number of nitrogens with zero attached hydrogens (tertiary/aromatic N) is 7. The highest BCUT2D eigenvalue weighted by molar-refractivity contribution is 5.88. The minimum Gasteiger partial charge on any atom is -0.467 e. The number of anilines is 1. The Kier molecular flexibility index (Phi) is 5.03. The summed E-state index contributed by atoms with van der Waals surface area (Å²) in [6, 6.07) is 0.152. The van der Waals surface area contributed by atoms with E-state index in [1.54, 1.807) is 13.8 Å². The molecule has 11 heteroatoms. The number of morpholine rings is 1. The third-order valence-electron chi connectivity index (χ3n) is 3.62. The average molecular weight is 349 g/mol. The highest BCUT2D eigenvalue weighted by Crippen LogP contribution is 2.17. The van der Waals surface area contributed by atoms with Gasteiger partial charge in [-0.15, -0.1) is 5.10 Å². The summed E-state index contributed by atoms with van der Waals surface area (Å²) in [4.78, 5) is 26.8. The van der Waals surface area contributed by atoms with E-state index < -0.39 is 5.97 Å². The molecule has 0 aromatic carbocycles. The summed E-state index contributed by atoms with van der Waals surface area (Å²) >= 11 is 0. The van der Waals surface area contributed by atoms with Crippen LogP contribution in [0.4, 0.5) is 5.95 Å². The third kappa shape index (κ3) is 3.50. The lowest BCUT2D eigenvalue weighted by Crippen LogP contribution is -2.37. The van der Waals surface area contributed by atoms with Crippen molar-refractivity contribution in [2.45, 2.75) is 13.8 Å². The second kappa shape index (κ2) is 7.38. The lowest BCUT2D eigenvalue weighted by Gasteiger charge is -2.26. The van der Waals surface area contributed by atoms with E-state index in [1.807, 2.05) is 4.90 Å². The molecule has 0 saturated carbocycles. The molecule has 1 aliphatic rings. The monoisotopic (exact) mass is 349 g/mol. The first-order valence-corrected chi connectivity index (χ1v) is 7.86. The Hall–Kier alpha value is -2.82. The van der Waals surface area contributed by atoms with Gasteiger partial charge in [0.1, 0.15) is 0 Å². The normalized spacial score (nSPS) is 14.4. The summed E-state index contributed by atoms with van der Waals surface area (Å²) in [5.41, 5.74) is 0.591. The van der Waals surface area contributed by atoms with Crippen molar-refractivity contribution in [3.05, 3.63) is 11.4 Å². The van der Waals surface area contributed by atoms with Gasteiger partial charge in [0.15, 0.2) is 5.69 Å². The van der Waals surface area contributed by atoms with Crippen LogP contribution in [0.25, 0.3) is 5.95 Å². The highest BCUT2D eigenvalue weighted by atomic mass is 16.5. The molecule has 1 fully saturated rings. The minimum absolute atomic E-state index is 0.120. The summed E-state index contributed by atoms with van der Waals surface area (Å²) < 4.78 is 16.8. The fourth-order valence-corrected chi connectivity index (χ4v) is 2.33. The van der Waals surface area contributed by atoms with E-state index in [9.17, 15) is 4.79 Å². The van der Waals surface area contributed by atoms with Gasteiger partial charge in [0.25, 0.3) is 5.95 Å². The highest BCUT2D eigenvalue weighted by Gasteiger charge is 2.22. The summed E-state index contributed by atoms with van der Waals surface area (Å²) in [6.07, 6.45) is 0. The number of aromatic nitrogens is 6. The molecule has 11 nitrogen and oxygen atoms in total. The molecule has 134 valence electrons. The van der Waals surface area contributed by atoms with Crippen LogP contribution in [0, 0.1) is 6.92 Å². The van der Waals surface area contributed by atoms with Crippen LogP contribution in [0.3, 0.4) is 0 Å². The molecule has 2 aromatic heterocycles. The van der Waals surface area contributed by atoms with Gasteiger partial charge in [0, 0.05) is 13.1 Å². The first-order valence-electron chi connectivity index (χ1n) is 7.86. The van der Waals surface area contributed by atoms with E-state index in [2.05, 4.69) is 25.3 Å². The van der Waals surface area contributed by atoms with E-state index in [4.69, 9.17) is 14.2 Å². The maximum absolute atomic E-state index is 11.9. The van der Waals surface area contributed by atoms with E-state index in [0.29, 0.717) is 37.9 Å². The molecular formula is C14H19N7O4. The van der Waals surface area contributed by atoms with Gasteiger partial charge in [-0.1, -0.05) is 5.21 Å². The van der Waals surface area contributed by atoms with Gasteiger partial charge in [-0.3, -0.25) is 0 Å². The predicted molar refractivity (Wildman–Crippen MR) is 85.0 cm³/mol. The van der Waals surface area contributed by atoms with Gasteiger partial charge in [0.05, 0.1) is 32.6 Å². The zero-order valence-electron chi connectivity index (χ0n) is 14.3. The number of hydrogen-bond donors (Lipinski definition) is 0. The summed E-state index contributed by atoms with van der Waals surface area (Å²) in [6.45, 7) is 6.19. The lowest BCUT2D eigenvalue weighted by molar-refractivity contribution is 0.0518. The van der Waals surface area contributed by atoms with Crippen molar-refractivity contribution in [2.75, 3.05) is 44.9 Å². The number of carbonyl (C=O) groups is 1. The number of hydrogen-bond acceptors (Lipinski definition) is 10. The molecular weight excluding hydrogens is 330 g/mol. The number of rotatable bonds is 5. The van der Waals surface area contributed by atoms with Crippen LogP contribution in [0.15, 0.2) is 0 Å². The molecule has 0 atom stereocenters. The molecule has 0 bridgehead atoms. The smallest absolute Gasteiger partial charge is 0.360 e. The van der Waals surface area contributed by atoms with Crippen LogP contribution in [-0.4, -0.2) is 75.9 Å². The van der Waals surface area contributed by atoms with Gasteiger partial charge in [0.2, 0.25) is 5.95 Å². The Bertz CT molecular complexity index is 758. The Labute approximate surface area is 143 Å². The molecule has 1 saturated heterocycles. The van der Waals surface area contributed by atoms with Crippen LogP contribution in [0.5, 0.6) is 6.01 Å². The molecule has 3 heterocycles. The van der Waals surface area contributed by atoms with Crippen molar-refractivity contribution in [3.63, 3.8) is 0 Å². The first kappa shape index (κ1) is 17.0. The van der Waals surface area contributed by atoms with Crippen molar-refractivity contribution in [1.29, 1.82) is 0 Å². The lowest BCUT2D eigenvalue weighted by atomic mass is 10.3. The van der Waals surface area contributed by atoms with E-state index in [1.165, 1.54) is 11.8 Å². The second-order valence-electron chi connectivity index (χ2n) is 5.18. The van der Waals surface area contributed by atoms with Crippen LogP contribution in [0.1, 0.15) is 23.1 Å². The largest absolute Gasteiger partial charge is 0.467 e. The fraction of sp³-hybridized carbons (Fsp3) is 0.571. The van der Waals surface area contributed by atoms with E-state index >= 15 is 0 Å². The molecule has 25 heavy (non-hydrogen) atoms. The maximum atomic E-state index is 11.9. The zero-order valence-corrected chi connectivity index (χ0v) is 14.3. The summed E-state index contributed by atoms with van der Waals surface area (Å²) in [7, 11) is 1.47. The van der Waals surface area contributed by atoms with E-state index in [0.717, 1.165) is 0 Å². The van der Waals surface area contributed by atoms with Crippen molar-refractivity contribution in [3.8, 4) is 12.0 Å². The molecule has 1 aliphatic heterocycles. The Balaban J connectivity index is 1.98. The molecule has 0 radical (unpaired) electrons. The number of methoxy groups -OCH3 is 1. The Morgan fingerprint density at radius 2 is 1.92 bits per heavy atom. The fourth-order valence-electron chi connectivity index (χ4n) is 2.33. The maximum Gasteiger partial charge on any atom is 0.360 e. The number of ether oxygens (including phenoxy) is 3. The van der Waals surface area contributed by atoms with Crippen molar-refractivity contribution in [2.24, 2.45) is 0 Å². The van der Waals surface area contributed by atoms with Crippen LogP contribution in [-0.2, 0) is 9.47 Å². The first-order chi connectivity index (χ1) is 12.1. The zero-order chi connectivity index (χ0) is 17.8. The van der Waals surface area contributed by atoms with Crippen molar-refractivity contribution >= 4 is 11.9 Å². The van der Waals surface area contributed by atoms with Gasteiger partial charge in [-0.25, -0.2) is 4.79 Å². The van der Waals surface area contributed by atoms with Crippen LogP contribution >= 0.6 is 0 Å².